The highest BCUT2D eigenvalue weighted by Crippen LogP contribution is 2.36. The van der Waals surface area contributed by atoms with E-state index in [1.165, 1.54) is 0 Å². The van der Waals surface area contributed by atoms with E-state index in [9.17, 15) is 8.42 Å². The zero-order chi connectivity index (χ0) is 11.9. The summed E-state index contributed by atoms with van der Waals surface area (Å²) in [5, 5.41) is 2.89. The number of anilines is 1. The normalized spacial score (nSPS) is 20.4. The Labute approximate surface area is 103 Å². The van der Waals surface area contributed by atoms with Gasteiger partial charge in [0.25, 0.3) is 10.0 Å². The van der Waals surface area contributed by atoms with Crippen molar-refractivity contribution in [2.75, 3.05) is 5.32 Å². The number of nitrogens with one attached hydrogen (secondary N) is 2. The smallest absolute Gasteiger partial charge is 0.275 e. The van der Waals surface area contributed by atoms with Crippen molar-refractivity contribution in [3.05, 3.63) is 10.4 Å². The maximum Gasteiger partial charge on any atom is 0.275 e. The van der Waals surface area contributed by atoms with E-state index in [0.717, 1.165) is 11.3 Å². The van der Waals surface area contributed by atoms with Gasteiger partial charge in [-0.05, 0) is 19.9 Å². The number of halogens is 1. The van der Waals surface area contributed by atoms with Crippen molar-refractivity contribution in [2.24, 2.45) is 4.99 Å². The van der Waals surface area contributed by atoms with Crippen LogP contribution in [0.25, 0.3) is 0 Å². The molecule has 0 aliphatic carbocycles. The molecule has 8 heteroatoms. The lowest BCUT2D eigenvalue weighted by atomic mass is 10.4. The zero-order valence-corrected chi connectivity index (χ0v) is 11.0. The van der Waals surface area contributed by atoms with Gasteiger partial charge in [-0.1, -0.05) is 11.6 Å². The summed E-state index contributed by atoms with van der Waals surface area (Å²) in [4.78, 5) is 4.12. The molecule has 1 aliphatic rings. The van der Waals surface area contributed by atoms with Crippen LogP contribution in [-0.4, -0.2) is 20.4 Å². The van der Waals surface area contributed by atoms with Gasteiger partial charge in [0.15, 0.2) is 4.21 Å². The van der Waals surface area contributed by atoms with Crippen LogP contribution < -0.4 is 10.0 Å². The standard InChI is InChI=1S/C8H10ClN3O2S2/c1-4(2)10-8-11-5-3-6(9)15-7(5)16(13,14)12-8/h3-4H,1-2H3,(H2,10,11,12). The monoisotopic (exact) mass is 279 g/mol. The number of fused-ring (bicyclic) bond motifs is 1. The third-order valence-electron chi connectivity index (χ3n) is 1.78. The number of hydrogen-bond acceptors (Lipinski definition) is 4. The van der Waals surface area contributed by atoms with Crippen LogP contribution in [0, 0.1) is 0 Å². The van der Waals surface area contributed by atoms with E-state index in [-0.39, 0.29) is 16.2 Å². The second-order valence-electron chi connectivity index (χ2n) is 3.55. The summed E-state index contributed by atoms with van der Waals surface area (Å²) < 4.78 is 26.6. The van der Waals surface area contributed by atoms with Crippen molar-refractivity contribution < 1.29 is 8.42 Å². The van der Waals surface area contributed by atoms with Gasteiger partial charge in [0.2, 0.25) is 5.96 Å². The summed E-state index contributed by atoms with van der Waals surface area (Å²) in [5.41, 5.74) is 0.480. The van der Waals surface area contributed by atoms with Crippen LogP contribution in [0.4, 0.5) is 5.69 Å². The van der Waals surface area contributed by atoms with Gasteiger partial charge in [-0.25, -0.2) is 18.1 Å². The van der Waals surface area contributed by atoms with E-state index in [0.29, 0.717) is 10.0 Å². The molecule has 0 amide bonds. The van der Waals surface area contributed by atoms with E-state index in [1.54, 1.807) is 6.07 Å². The number of guanidine groups is 1. The Balaban J connectivity index is 2.49. The Morgan fingerprint density at radius 2 is 2.19 bits per heavy atom. The molecule has 0 saturated carbocycles. The number of thiophene rings is 1. The van der Waals surface area contributed by atoms with Crippen molar-refractivity contribution in [1.29, 1.82) is 0 Å². The molecule has 2 rings (SSSR count). The molecule has 2 N–H and O–H groups in total. The first-order valence-corrected chi connectivity index (χ1v) is 7.23. The van der Waals surface area contributed by atoms with Crippen molar-refractivity contribution >= 4 is 44.6 Å². The quantitative estimate of drug-likeness (QED) is 0.824. The van der Waals surface area contributed by atoms with E-state index >= 15 is 0 Å². The van der Waals surface area contributed by atoms with Crippen LogP contribution in [0.1, 0.15) is 13.8 Å². The van der Waals surface area contributed by atoms with E-state index < -0.39 is 10.0 Å². The summed E-state index contributed by atoms with van der Waals surface area (Å²) in [6.07, 6.45) is 0. The molecule has 0 unspecified atom stereocenters. The predicted octanol–water partition coefficient (Wildman–Crippen LogP) is 1.87. The summed E-state index contributed by atoms with van der Waals surface area (Å²) >= 11 is 6.79. The minimum Gasteiger partial charge on any atom is -0.324 e. The largest absolute Gasteiger partial charge is 0.324 e. The molecule has 1 aromatic heterocycles. The van der Waals surface area contributed by atoms with Crippen molar-refractivity contribution in [2.45, 2.75) is 24.1 Å². The molecule has 0 radical (unpaired) electrons. The first-order chi connectivity index (χ1) is 7.38. The molecule has 0 fully saturated rings. The molecule has 88 valence electrons. The van der Waals surface area contributed by atoms with Crippen LogP contribution in [-0.2, 0) is 10.0 Å². The lowest BCUT2D eigenvalue weighted by Gasteiger charge is -2.18. The van der Waals surface area contributed by atoms with Crippen LogP contribution in [0.2, 0.25) is 4.34 Å². The molecular weight excluding hydrogens is 270 g/mol. The van der Waals surface area contributed by atoms with Gasteiger partial charge >= 0.3 is 0 Å². The van der Waals surface area contributed by atoms with Gasteiger partial charge in [-0.15, -0.1) is 11.3 Å². The topological polar surface area (TPSA) is 70.6 Å². The SMILES string of the molecule is CC(C)N=C1Nc2cc(Cl)sc2S(=O)(=O)N1. The maximum absolute atomic E-state index is 11.8. The number of sulfonamides is 1. The number of aliphatic imine (C=N–C) groups is 1. The lowest BCUT2D eigenvalue weighted by Crippen LogP contribution is -2.40. The summed E-state index contributed by atoms with van der Waals surface area (Å²) in [5.74, 6) is 0.233. The van der Waals surface area contributed by atoms with Gasteiger partial charge in [0.05, 0.1) is 10.0 Å². The Morgan fingerprint density at radius 1 is 1.50 bits per heavy atom. The van der Waals surface area contributed by atoms with Crippen LogP contribution >= 0.6 is 22.9 Å². The fraction of sp³-hybridized carbons (Fsp3) is 0.375. The molecule has 0 saturated heterocycles. The summed E-state index contributed by atoms with van der Waals surface area (Å²) in [6, 6.07) is 1.58. The minimum absolute atomic E-state index is 0.000794. The molecule has 2 heterocycles. The highest BCUT2D eigenvalue weighted by Gasteiger charge is 2.29. The highest BCUT2D eigenvalue weighted by atomic mass is 35.5. The molecule has 0 spiro atoms. The fourth-order valence-corrected chi connectivity index (χ4v) is 4.01. The average Bonchev–Trinajstić information content (AvgIpc) is 2.44. The van der Waals surface area contributed by atoms with Gasteiger partial charge in [0, 0.05) is 6.04 Å². The first-order valence-electron chi connectivity index (χ1n) is 4.55. The zero-order valence-electron chi connectivity index (χ0n) is 8.61. The van der Waals surface area contributed by atoms with Gasteiger partial charge < -0.3 is 5.32 Å². The van der Waals surface area contributed by atoms with Crippen molar-refractivity contribution in [3.8, 4) is 0 Å². The first kappa shape index (κ1) is 11.7. The van der Waals surface area contributed by atoms with E-state index in [4.69, 9.17) is 11.6 Å². The highest BCUT2D eigenvalue weighted by molar-refractivity contribution is 7.92. The van der Waals surface area contributed by atoms with Crippen molar-refractivity contribution in [1.82, 2.24) is 4.72 Å². The molecule has 0 aromatic carbocycles. The van der Waals surface area contributed by atoms with Crippen LogP contribution in [0.15, 0.2) is 15.3 Å². The van der Waals surface area contributed by atoms with Gasteiger partial charge in [0.1, 0.15) is 0 Å². The average molecular weight is 280 g/mol. The molecule has 0 atom stereocenters. The number of rotatable bonds is 1. The second kappa shape index (κ2) is 3.90. The number of hydrogen-bond donors (Lipinski definition) is 2. The second-order valence-corrected chi connectivity index (χ2v) is 7.11. The van der Waals surface area contributed by atoms with Gasteiger partial charge in [-0.3, -0.25) is 0 Å². The molecule has 0 bridgehead atoms. The number of nitrogens with zero attached hydrogens (tertiary/aromatic N) is 1. The molecular formula is C8H10ClN3O2S2. The third-order valence-corrected chi connectivity index (χ3v) is 4.92. The molecule has 1 aliphatic heterocycles. The maximum atomic E-state index is 11.8. The van der Waals surface area contributed by atoms with Gasteiger partial charge in [-0.2, -0.15) is 0 Å². The van der Waals surface area contributed by atoms with Crippen molar-refractivity contribution in [3.63, 3.8) is 0 Å². The Morgan fingerprint density at radius 3 is 2.81 bits per heavy atom. The molecule has 16 heavy (non-hydrogen) atoms. The Kier molecular flexibility index (Phi) is 2.85. The Bertz CT molecular complexity index is 548. The summed E-state index contributed by atoms with van der Waals surface area (Å²) in [7, 11) is -3.53. The summed E-state index contributed by atoms with van der Waals surface area (Å²) in [6.45, 7) is 3.72. The fourth-order valence-electron chi connectivity index (χ4n) is 1.28. The van der Waals surface area contributed by atoms with Crippen LogP contribution in [0.3, 0.4) is 0 Å². The van der Waals surface area contributed by atoms with E-state index in [1.807, 2.05) is 13.8 Å². The lowest BCUT2D eigenvalue weighted by molar-refractivity contribution is 0.593. The molecule has 5 nitrogen and oxygen atoms in total. The van der Waals surface area contributed by atoms with Crippen LogP contribution in [0.5, 0.6) is 0 Å². The Hall–Kier alpha value is -0.790. The predicted molar refractivity (Wildman–Crippen MR) is 65.8 cm³/mol. The third kappa shape index (κ3) is 2.16. The molecule has 1 aromatic rings. The van der Waals surface area contributed by atoms with E-state index in [2.05, 4.69) is 15.0 Å². The minimum atomic E-state index is -3.53.